The van der Waals surface area contributed by atoms with Gasteiger partial charge in [-0.05, 0) is 13.3 Å². The summed E-state index contributed by atoms with van der Waals surface area (Å²) in [4.78, 5) is 0. The first-order chi connectivity index (χ1) is 7.86. The second kappa shape index (κ2) is 4.10. The quantitative estimate of drug-likeness (QED) is 0.747. The minimum absolute atomic E-state index is 0.350. The molecule has 0 saturated carbocycles. The van der Waals surface area contributed by atoms with Crippen LogP contribution in [0.5, 0.6) is 0 Å². The third-order valence-electron chi connectivity index (χ3n) is 3.65. The molecule has 0 bridgehead atoms. The monoisotopic (exact) mass is 245 g/mol. The molecule has 0 aromatic rings. The zero-order valence-corrected chi connectivity index (χ0v) is 10.8. The predicted molar refractivity (Wildman–Crippen MR) is 60.1 cm³/mol. The molecule has 17 heavy (non-hydrogen) atoms. The van der Waals surface area contributed by atoms with E-state index < -0.39 is 23.8 Å². The summed E-state index contributed by atoms with van der Waals surface area (Å²) in [5.74, 6) is -0.912. The molecule has 98 valence electrons. The molecule has 0 aromatic heterocycles. The molecule has 2 saturated heterocycles. The topological polar surface area (TPSA) is 57.2 Å². The second-order valence-electron chi connectivity index (χ2n) is 4.96. The maximum absolute atomic E-state index is 9.96. The molecule has 1 unspecified atom stereocenters. The van der Waals surface area contributed by atoms with Crippen molar-refractivity contribution in [2.24, 2.45) is 0 Å². The third kappa shape index (κ3) is 1.86. The first-order valence-electron chi connectivity index (χ1n) is 5.96. The molecule has 2 rings (SSSR count). The highest BCUT2D eigenvalue weighted by molar-refractivity contribution is 5.06. The number of methoxy groups -OCH3 is 1. The molecule has 2 heterocycles. The highest BCUT2D eigenvalue weighted by Gasteiger charge is 2.65. The fourth-order valence-corrected chi connectivity index (χ4v) is 2.79. The van der Waals surface area contributed by atoms with Crippen LogP contribution >= 0.6 is 0 Å². The Kier molecular flexibility index (Phi) is 3.16. The van der Waals surface area contributed by atoms with E-state index in [0.29, 0.717) is 6.42 Å². The summed E-state index contributed by atoms with van der Waals surface area (Å²) in [6, 6.07) is 0. The number of hydrogen-bond acceptors (Lipinski definition) is 5. The summed E-state index contributed by atoms with van der Waals surface area (Å²) < 4.78 is 22.6. The van der Waals surface area contributed by atoms with Gasteiger partial charge in [-0.3, -0.25) is 4.74 Å². The minimum atomic E-state index is -0.912. The largest absolute Gasteiger partial charge is 0.390 e. The Morgan fingerprint density at radius 3 is 2.53 bits per heavy atom. The van der Waals surface area contributed by atoms with Crippen LogP contribution in [0.2, 0.25) is 0 Å². The molecule has 0 aliphatic carbocycles. The lowest BCUT2D eigenvalue weighted by molar-refractivity contribution is -0.251. The van der Waals surface area contributed by atoms with E-state index in [9.17, 15) is 5.11 Å². The molecule has 5 heteroatoms. The van der Waals surface area contributed by atoms with Gasteiger partial charge < -0.3 is 19.3 Å². The van der Waals surface area contributed by atoms with Crippen molar-refractivity contribution in [1.82, 2.24) is 0 Å². The van der Waals surface area contributed by atoms with Gasteiger partial charge in [-0.15, -0.1) is 0 Å². The van der Waals surface area contributed by atoms with Crippen molar-refractivity contribution < 1.29 is 24.1 Å². The SMILES string of the molecule is [CH2+]C1(C)O[C@H]2O[C@](CC)([C@H](C)O)[C@@H](OC)[C@H]2O1. The van der Waals surface area contributed by atoms with Crippen LogP contribution < -0.4 is 0 Å². The maximum atomic E-state index is 9.96. The molecule has 0 aromatic carbocycles. The summed E-state index contributed by atoms with van der Waals surface area (Å²) in [6.45, 7) is 9.17. The molecule has 0 radical (unpaired) electrons. The number of rotatable bonds is 3. The molecular formula is C12H21O5+. The normalized spacial score (nSPS) is 51.5. The highest BCUT2D eigenvalue weighted by atomic mass is 16.8. The molecule has 2 fully saturated rings. The number of aliphatic hydroxyl groups is 1. The van der Waals surface area contributed by atoms with Crippen molar-refractivity contribution in [3.8, 4) is 0 Å². The Balaban J connectivity index is 2.26. The molecule has 0 amide bonds. The van der Waals surface area contributed by atoms with Gasteiger partial charge in [-0.1, -0.05) is 6.92 Å². The van der Waals surface area contributed by atoms with E-state index >= 15 is 0 Å². The molecule has 5 nitrogen and oxygen atoms in total. The van der Waals surface area contributed by atoms with Crippen molar-refractivity contribution >= 4 is 0 Å². The van der Waals surface area contributed by atoms with E-state index in [0.717, 1.165) is 0 Å². The molecule has 2 aliphatic rings. The number of hydrogen-bond donors (Lipinski definition) is 1. The van der Waals surface area contributed by atoms with Gasteiger partial charge in [0.05, 0.1) is 6.10 Å². The van der Waals surface area contributed by atoms with Gasteiger partial charge in [0, 0.05) is 14.0 Å². The molecule has 6 atom stereocenters. The van der Waals surface area contributed by atoms with E-state index in [-0.39, 0.29) is 12.2 Å². The lowest BCUT2D eigenvalue weighted by atomic mass is 9.87. The van der Waals surface area contributed by atoms with Gasteiger partial charge in [0.15, 0.2) is 6.29 Å². The molecule has 1 N–H and O–H groups in total. The van der Waals surface area contributed by atoms with Gasteiger partial charge in [0.2, 0.25) is 0 Å². The fraction of sp³-hybridized carbons (Fsp3) is 0.917. The van der Waals surface area contributed by atoms with Crippen LogP contribution in [0.15, 0.2) is 0 Å². The van der Waals surface area contributed by atoms with E-state index in [4.69, 9.17) is 18.9 Å². The number of aliphatic hydroxyl groups excluding tert-OH is 1. The zero-order valence-electron chi connectivity index (χ0n) is 10.8. The van der Waals surface area contributed by atoms with Gasteiger partial charge in [-0.25, -0.2) is 0 Å². The second-order valence-corrected chi connectivity index (χ2v) is 4.96. The Morgan fingerprint density at radius 2 is 2.06 bits per heavy atom. The van der Waals surface area contributed by atoms with E-state index in [1.807, 2.05) is 6.92 Å². The lowest BCUT2D eigenvalue weighted by Gasteiger charge is -2.36. The van der Waals surface area contributed by atoms with E-state index in [2.05, 4.69) is 6.92 Å². The van der Waals surface area contributed by atoms with Gasteiger partial charge in [-0.2, -0.15) is 0 Å². The van der Waals surface area contributed by atoms with Gasteiger partial charge in [0.25, 0.3) is 0 Å². The van der Waals surface area contributed by atoms with Crippen molar-refractivity contribution in [2.45, 2.75) is 63.2 Å². The highest BCUT2D eigenvalue weighted by Crippen LogP contribution is 2.46. The Bertz CT molecular complexity index is 291. The van der Waals surface area contributed by atoms with Crippen molar-refractivity contribution in [3.63, 3.8) is 0 Å². The van der Waals surface area contributed by atoms with Crippen LogP contribution in [0.25, 0.3) is 0 Å². The van der Waals surface area contributed by atoms with E-state index in [1.54, 1.807) is 21.0 Å². The predicted octanol–water partition coefficient (Wildman–Crippen LogP) is 0.853. The van der Waals surface area contributed by atoms with Crippen LogP contribution in [0, 0.1) is 6.92 Å². The Labute approximate surface area is 102 Å². The molecule has 2 aliphatic heterocycles. The average Bonchev–Trinajstić information content (AvgIpc) is 2.66. The van der Waals surface area contributed by atoms with Crippen LogP contribution in [-0.2, 0) is 18.9 Å². The van der Waals surface area contributed by atoms with Crippen molar-refractivity contribution in [1.29, 1.82) is 0 Å². The first kappa shape index (κ1) is 13.1. The summed E-state index contributed by atoms with van der Waals surface area (Å²) in [5.41, 5.74) is -0.777. The summed E-state index contributed by atoms with van der Waals surface area (Å²) in [7, 11) is 1.59. The summed E-state index contributed by atoms with van der Waals surface area (Å²) in [5, 5.41) is 9.96. The average molecular weight is 245 g/mol. The Morgan fingerprint density at radius 1 is 1.41 bits per heavy atom. The third-order valence-corrected chi connectivity index (χ3v) is 3.65. The number of fused-ring (bicyclic) bond motifs is 1. The minimum Gasteiger partial charge on any atom is -0.390 e. The van der Waals surface area contributed by atoms with Crippen LogP contribution in [0.3, 0.4) is 0 Å². The fourth-order valence-electron chi connectivity index (χ4n) is 2.79. The van der Waals surface area contributed by atoms with Crippen molar-refractivity contribution in [3.05, 3.63) is 6.92 Å². The van der Waals surface area contributed by atoms with Gasteiger partial charge in [0.1, 0.15) is 24.7 Å². The zero-order chi connectivity index (χ0) is 12.8. The van der Waals surface area contributed by atoms with Crippen molar-refractivity contribution in [2.75, 3.05) is 7.11 Å². The van der Waals surface area contributed by atoms with Crippen LogP contribution in [-0.4, -0.2) is 48.2 Å². The smallest absolute Gasteiger partial charge is 0.314 e. The number of ether oxygens (including phenoxy) is 4. The van der Waals surface area contributed by atoms with Crippen LogP contribution in [0.4, 0.5) is 0 Å². The summed E-state index contributed by atoms with van der Waals surface area (Å²) in [6.07, 6.45) is -1.28. The Hall–Kier alpha value is -0.330. The lowest BCUT2D eigenvalue weighted by Crippen LogP contribution is -2.52. The first-order valence-corrected chi connectivity index (χ1v) is 5.96. The van der Waals surface area contributed by atoms with Gasteiger partial charge >= 0.3 is 5.79 Å². The summed E-state index contributed by atoms with van der Waals surface area (Å²) >= 11 is 0. The molecule has 0 spiro atoms. The maximum Gasteiger partial charge on any atom is 0.314 e. The van der Waals surface area contributed by atoms with Crippen LogP contribution in [0.1, 0.15) is 27.2 Å². The van der Waals surface area contributed by atoms with E-state index in [1.165, 1.54) is 0 Å². The standard InChI is InChI=1S/C12H21O5/c1-6-12(7(2)13)9(14-5)8-10(17-12)16-11(3,4)15-8/h7-10,13H,3,6H2,1-2,4-5H3/q+1/t7-,8+,9-,10-,11?,12+/m0/s1. The molecular weight excluding hydrogens is 224 g/mol.